The van der Waals surface area contributed by atoms with E-state index in [1.54, 1.807) is 30.1 Å². The number of rotatable bonds is 7. The molecule has 1 aromatic carbocycles. The van der Waals surface area contributed by atoms with Crippen molar-refractivity contribution in [2.45, 2.75) is 24.8 Å². The second-order valence-corrected chi connectivity index (χ2v) is 6.98. The molecule has 8 heteroatoms. The van der Waals surface area contributed by atoms with Gasteiger partial charge in [0.05, 0.1) is 17.7 Å². The van der Waals surface area contributed by atoms with Crippen LogP contribution < -0.4 is 10.6 Å². The van der Waals surface area contributed by atoms with Gasteiger partial charge >= 0.3 is 0 Å². The highest BCUT2D eigenvalue weighted by atomic mass is 127. The lowest BCUT2D eigenvalue weighted by Gasteiger charge is -2.11. The van der Waals surface area contributed by atoms with Crippen LogP contribution in [0.3, 0.4) is 0 Å². The molecule has 0 aliphatic heterocycles. The van der Waals surface area contributed by atoms with E-state index in [9.17, 15) is 4.39 Å². The number of nitrogens with zero attached hydrogens (tertiary/aromatic N) is 2. The normalized spacial score (nSPS) is 11.0. The average Bonchev–Trinajstić information content (AvgIpc) is 2.97. The van der Waals surface area contributed by atoms with E-state index >= 15 is 0 Å². The second kappa shape index (κ2) is 11.6. The molecule has 0 saturated carbocycles. The van der Waals surface area contributed by atoms with Crippen LogP contribution in [0, 0.1) is 12.7 Å². The zero-order valence-electron chi connectivity index (χ0n) is 13.7. The van der Waals surface area contributed by atoms with Gasteiger partial charge in [0.25, 0.3) is 0 Å². The van der Waals surface area contributed by atoms with Gasteiger partial charge in [0.1, 0.15) is 5.82 Å². The maximum Gasteiger partial charge on any atom is 0.191 e. The minimum atomic E-state index is -0.193. The Bertz CT molecular complexity index is 631. The maximum atomic E-state index is 12.8. The first-order valence-corrected chi connectivity index (χ1v) is 9.27. The van der Waals surface area contributed by atoms with E-state index in [0.29, 0.717) is 0 Å². The second-order valence-electron chi connectivity index (χ2n) is 4.87. The summed E-state index contributed by atoms with van der Waals surface area (Å²) < 4.78 is 12.8. The summed E-state index contributed by atoms with van der Waals surface area (Å²) in [4.78, 5) is 10.8. The highest BCUT2D eigenvalue weighted by Crippen LogP contribution is 2.18. The van der Waals surface area contributed by atoms with E-state index in [-0.39, 0.29) is 29.8 Å². The number of hydrogen-bond acceptors (Lipinski definition) is 4. The van der Waals surface area contributed by atoms with Gasteiger partial charge in [-0.25, -0.2) is 9.37 Å². The van der Waals surface area contributed by atoms with Crippen molar-refractivity contribution >= 4 is 53.0 Å². The molecule has 0 unspecified atom stereocenters. The van der Waals surface area contributed by atoms with Gasteiger partial charge in [-0.15, -0.1) is 47.1 Å². The summed E-state index contributed by atoms with van der Waals surface area (Å²) >= 11 is 3.37. The number of nitrogens with one attached hydrogen (secondary N) is 2. The Morgan fingerprint density at radius 1 is 1.29 bits per heavy atom. The zero-order valence-corrected chi connectivity index (χ0v) is 17.7. The first-order valence-electron chi connectivity index (χ1n) is 7.41. The summed E-state index contributed by atoms with van der Waals surface area (Å²) in [5.41, 5.74) is 2.92. The van der Waals surface area contributed by atoms with Crippen molar-refractivity contribution in [1.82, 2.24) is 15.6 Å². The summed E-state index contributed by atoms with van der Waals surface area (Å²) in [7, 11) is 1.77. The molecule has 0 aliphatic carbocycles. The molecule has 0 amide bonds. The van der Waals surface area contributed by atoms with Gasteiger partial charge in [-0.3, -0.25) is 4.99 Å². The van der Waals surface area contributed by atoms with Crippen LogP contribution in [0.25, 0.3) is 0 Å². The van der Waals surface area contributed by atoms with Gasteiger partial charge in [-0.05, 0) is 43.4 Å². The zero-order chi connectivity index (χ0) is 16.5. The monoisotopic (exact) mass is 480 g/mol. The molecule has 0 fully saturated rings. The summed E-state index contributed by atoms with van der Waals surface area (Å²) in [5.74, 6) is 1.58. The van der Waals surface area contributed by atoms with Crippen molar-refractivity contribution < 1.29 is 4.39 Å². The van der Waals surface area contributed by atoms with Crippen LogP contribution in [0.1, 0.15) is 17.0 Å². The Balaban J connectivity index is 0.00000288. The van der Waals surface area contributed by atoms with Crippen LogP contribution in [0.2, 0.25) is 0 Å². The van der Waals surface area contributed by atoms with E-state index in [1.807, 2.05) is 24.6 Å². The van der Waals surface area contributed by atoms with E-state index in [1.165, 1.54) is 17.0 Å². The fraction of sp³-hybridized carbons (Fsp3) is 0.375. The van der Waals surface area contributed by atoms with Gasteiger partial charge in [0.15, 0.2) is 5.96 Å². The first-order chi connectivity index (χ1) is 11.2. The highest BCUT2D eigenvalue weighted by Gasteiger charge is 2.03. The van der Waals surface area contributed by atoms with Crippen molar-refractivity contribution in [2.75, 3.05) is 19.3 Å². The summed E-state index contributed by atoms with van der Waals surface area (Å²) in [6.07, 6.45) is 1.00. The average molecular weight is 480 g/mol. The van der Waals surface area contributed by atoms with Crippen molar-refractivity contribution in [1.29, 1.82) is 0 Å². The Labute approximate surface area is 167 Å². The topological polar surface area (TPSA) is 49.3 Å². The summed E-state index contributed by atoms with van der Waals surface area (Å²) in [6.45, 7) is 3.59. The maximum absolute atomic E-state index is 12.8. The Morgan fingerprint density at radius 2 is 2.04 bits per heavy atom. The molecule has 0 saturated heterocycles. The Kier molecular flexibility index (Phi) is 10.3. The molecule has 0 aliphatic rings. The van der Waals surface area contributed by atoms with Crippen LogP contribution in [0.4, 0.5) is 4.39 Å². The molecule has 0 atom stereocenters. The molecule has 24 heavy (non-hydrogen) atoms. The van der Waals surface area contributed by atoms with E-state index in [2.05, 4.69) is 20.6 Å². The molecule has 0 radical (unpaired) electrons. The van der Waals surface area contributed by atoms with Crippen molar-refractivity contribution in [2.24, 2.45) is 4.99 Å². The van der Waals surface area contributed by atoms with Crippen LogP contribution in [0.15, 0.2) is 39.7 Å². The number of aliphatic imine (C=N–C) groups is 1. The molecule has 4 nitrogen and oxygen atoms in total. The molecule has 2 aromatic rings. The number of thiazole rings is 1. The lowest BCUT2D eigenvalue weighted by Crippen LogP contribution is -2.37. The smallest absolute Gasteiger partial charge is 0.191 e. The van der Waals surface area contributed by atoms with Gasteiger partial charge in [-0.1, -0.05) is 0 Å². The lowest BCUT2D eigenvalue weighted by molar-refractivity contribution is 0.626. The number of aryl methyl sites for hydroxylation is 1. The van der Waals surface area contributed by atoms with Gasteiger partial charge < -0.3 is 10.6 Å². The van der Waals surface area contributed by atoms with Crippen LogP contribution in [0.5, 0.6) is 0 Å². The Hall–Kier alpha value is -0.870. The predicted molar refractivity (Wildman–Crippen MR) is 112 cm³/mol. The van der Waals surface area contributed by atoms with Crippen LogP contribution >= 0.6 is 47.1 Å². The number of guanidine groups is 1. The lowest BCUT2D eigenvalue weighted by atomic mass is 10.4. The van der Waals surface area contributed by atoms with Gasteiger partial charge in [0, 0.05) is 23.4 Å². The number of benzene rings is 1. The van der Waals surface area contributed by atoms with Crippen molar-refractivity contribution in [3.63, 3.8) is 0 Å². The fourth-order valence-electron chi connectivity index (χ4n) is 1.88. The van der Waals surface area contributed by atoms with Crippen molar-refractivity contribution in [3.05, 3.63) is 46.2 Å². The fourth-order valence-corrected chi connectivity index (χ4v) is 3.45. The van der Waals surface area contributed by atoms with Crippen molar-refractivity contribution in [3.8, 4) is 0 Å². The third-order valence-corrected chi connectivity index (χ3v) is 5.21. The standard InChI is InChI=1S/C16H21FN4S2.HI/c1-12-15(23-11-21-12)10-20-16(18-2)19-8-3-9-22-14-6-4-13(17)5-7-14;/h4-7,11H,3,8-10H2,1-2H3,(H2,18,19,20);1H. The van der Waals surface area contributed by atoms with Gasteiger partial charge in [0.2, 0.25) is 0 Å². The third kappa shape index (κ3) is 7.35. The van der Waals surface area contributed by atoms with E-state index in [0.717, 1.165) is 41.8 Å². The molecule has 2 N–H and O–H groups in total. The third-order valence-electron chi connectivity index (χ3n) is 3.18. The molecule has 132 valence electrons. The number of halogens is 2. The molecule has 0 spiro atoms. The minimum absolute atomic E-state index is 0. The SMILES string of the molecule is CN=C(NCCCSc1ccc(F)cc1)NCc1scnc1C.I. The molecular formula is C16H22FIN4S2. The van der Waals surface area contributed by atoms with E-state index in [4.69, 9.17) is 0 Å². The predicted octanol–water partition coefficient (Wildman–Crippen LogP) is 4.06. The molecular weight excluding hydrogens is 458 g/mol. The first kappa shape index (κ1) is 21.2. The Morgan fingerprint density at radius 3 is 2.67 bits per heavy atom. The number of thioether (sulfide) groups is 1. The largest absolute Gasteiger partial charge is 0.356 e. The van der Waals surface area contributed by atoms with Crippen LogP contribution in [-0.4, -0.2) is 30.3 Å². The summed E-state index contributed by atoms with van der Waals surface area (Å²) in [5, 5.41) is 6.58. The number of aromatic nitrogens is 1. The quantitative estimate of drug-likeness (QED) is 0.206. The molecule has 1 heterocycles. The minimum Gasteiger partial charge on any atom is -0.356 e. The molecule has 1 aromatic heterocycles. The summed E-state index contributed by atoms with van der Waals surface area (Å²) in [6, 6.07) is 6.61. The molecule has 0 bridgehead atoms. The van der Waals surface area contributed by atoms with E-state index < -0.39 is 0 Å². The van der Waals surface area contributed by atoms with Gasteiger partial charge in [-0.2, -0.15) is 0 Å². The highest BCUT2D eigenvalue weighted by molar-refractivity contribution is 14.0. The number of hydrogen-bond donors (Lipinski definition) is 2. The molecule has 2 rings (SSSR count). The van der Waals surface area contributed by atoms with Crippen LogP contribution in [-0.2, 0) is 6.54 Å².